The van der Waals surface area contributed by atoms with Crippen molar-refractivity contribution in [2.45, 2.75) is 56.4 Å². The van der Waals surface area contributed by atoms with Gasteiger partial charge in [-0.25, -0.2) is 0 Å². The second kappa shape index (κ2) is 12.6. The minimum atomic E-state index is -1.17. The summed E-state index contributed by atoms with van der Waals surface area (Å²) in [5, 5.41) is 10.2. The van der Waals surface area contributed by atoms with Crippen molar-refractivity contribution in [3.8, 4) is 0 Å². The number of carbonyl (C=O) groups is 3. The minimum Gasteiger partial charge on any atom is -0.396 e. The van der Waals surface area contributed by atoms with Crippen LogP contribution in [-0.2, 0) is 25.7 Å². The van der Waals surface area contributed by atoms with E-state index in [0.717, 1.165) is 5.56 Å². The minimum absolute atomic E-state index is 0.137. The summed E-state index contributed by atoms with van der Waals surface area (Å²) < 4.78 is 6.94. The normalized spacial score (nSPS) is 27.2. The van der Waals surface area contributed by atoms with Crippen LogP contribution in [0.25, 0.3) is 0 Å². The molecule has 0 aromatic heterocycles. The number of likely N-dealkylation sites (tertiary alicyclic amines) is 1. The Morgan fingerprint density at radius 2 is 1.77 bits per heavy atom. The van der Waals surface area contributed by atoms with Crippen LogP contribution in [0.1, 0.15) is 38.2 Å². The predicted octanol–water partition coefficient (Wildman–Crippen LogP) is 4.61. The Morgan fingerprint density at radius 1 is 1.07 bits per heavy atom. The van der Waals surface area contributed by atoms with E-state index in [2.05, 4.69) is 13.2 Å². The number of amides is 3. The van der Waals surface area contributed by atoms with Crippen molar-refractivity contribution in [3.05, 3.63) is 90.5 Å². The lowest BCUT2D eigenvalue weighted by atomic mass is 9.64. The zero-order valence-corrected chi connectivity index (χ0v) is 25.4. The van der Waals surface area contributed by atoms with Gasteiger partial charge in [-0.15, -0.1) is 13.2 Å². The summed E-state index contributed by atoms with van der Waals surface area (Å²) in [6, 6.07) is 15.7. The quantitative estimate of drug-likeness (QED) is 0.337. The molecule has 9 heteroatoms. The molecule has 3 heterocycles. The molecule has 2 unspecified atom stereocenters. The van der Waals surface area contributed by atoms with Crippen LogP contribution in [0.4, 0.5) is 5.69 Å². The van der Waals surface area contributed by atoms with Gasteiger partial charge >= 0.3 is 0 Å². The number of fused-ring (bicyclic) bond motifs is 1. The lowest BCUT2D eigenvalue weighted by Gasteiger charge is -2.37. The second-order valence-corrected chi connectivity index (χ2v) is 12.1. The van der Waals surface area contributed by atoms with Crippen LogP contribution in [0.5, 0.6) is 0 Å². The van der Waals surface area contributed by atoms with E-state index in [1.807, 2.05) is 37.3 Å². The number of ether oxygens (including phenoxy) is 1. The number of carbonyl (C=O) groups excluding carboxylic acids is 3. The molecule has 5 atom stereocenters. The number of anilines is 1. The third kappa shape index (κ3) is 5.30. The molecule has 1 N–H and O–H groups in total. The molecule has 3 saturated heterocycles. The molecule has 3 fully saturated rings. The number of rotatable bonds is 13. The van der Waals surface area contributed by atoms with E-state index in [-0.39, 0.29) is 37.4 Å². The molecule has 0 aliphatic carbocycles. The highest BCUT2D eigenvalue weighted by Gasteiger charge is 2.79. The molecule has 2 aromatic rings. The Hall–Kier alpha value is -3.46. The summed E-state index contributed by atoms with van der Waals surface area (Å²) in [7, 11) is 0. The van der Waals surface area contributed by atoms with Crippen LogP contribution in [0.15, 0.2) is 79.9 Å². The summed E-state index contributed by atoms with van der Waals surface area (Å²) in [5.74, 6) is -2.31. The average Bonchev–Trinajstić information content (AvgIpc) is 3.62. The fourth-order valence-electron chi connectivity index (χ4n) is 7.46. The third-order valence-corrected chi connectivity index (χ3v) is 9.58. The van der Waals surface area contributed by atoms with E-state index < -0.39 is 29.1 Å². The van der Waals surface area contributed by atoms with Crippen LogP contribution in [0.2, 0.25) is 5.02 Å². The summed E-state index contributed by atoms with van der Waals surface area (Å²) in [6.45, 7) is 10.7. The SMILES string of the molecule is C=CCN(Cc1ccccc1)C(=O)[C@@H]1[C@H]2C(=O)N(CCCO)C(C(=O)N(CC=C)c3ccc(Cl)cc3)C23CC[C@@]1(CC)O3. The Kier molecular flexibility index (Phi) is 9.11. The molecule has 1 spiro atoms. The number of aliphatic hydroxyl groups excluding tert-OH is 1. The Balaban J connectivity index is 1.57. The van der Waals surface area contributed by atoms with E-state index >= 15 is 0 Å². The maximum absolute atomic E-state index is 14.6. The zero-order valence-electron chi connectivity index (χ0n) is 24.7. The largest absolute Gasteiger partial charge is 0.396 e. The smallest absolute Gasteiger partial charge is 0.253 e. The van der Waals surface area contributed by atoms with Gasteiger partial charge < -0.3 is 24.5 Å². The summed E-state index contributed by atoms with van der Waals surface area (Å²) in [4.78, 5) is 48.5. The lowest BCUT2D eigenvalue weighted by molar-refractivity contribution is -0.151. The second-order valence-electron chi connectivity index (χ2n) is 11.6. The monoisotopic (exact) mass is 605 g/mol. The molecule has 3 amide bonds. The summed E-state index contributed by atoms with van der Waals surface area (Å²) in [6.07, 6.45) is 5.22. The van der Waals surface area contributed by atoms with E-state index in [1.54, 1.807) is 51.1 Å². The molecule has 5 rings (SSSR count). The molecule has 2 aromatic carbocycles. The zero-order chi connectivity index (χ0) is 30.8. The van der Waals surface area contributed by atoms with E-state index in [1.165, 1.54) is 0 Å². The fraction of sp³-hybridized carbons (Fsp3) is 0.441. The highest BCUT2D eigenvalue weighted by Crippen LogP contribution is 2.64. The molecule has 0 radical (unpaired) electrons. The van der Waals surface area contributed by atoms with Crippen molar-refractivity contribution in [2.75, 3.05) is 31.1 Å². The predicted molar refractivity (Wildman–Crippen MR) is 166 cm³/mol. The van der Waals surface area contributed by atoms with Gasteiger partial charge in [0, 0.05) is 43.5 Å². The van der Waals surface area contributed by atoms with E-state index in [4.69, 9.17) is 16.3 Å². The molecule has 43 heavy (non-hydrogen) atoms. The van der Waals surface area contributed by atoms with E-state index in [0.29, 0.717) is 49.5 Å². The lowest BCUT2D eigenvalue weighted by Crippen LogP contribution is -2.56. The van der Waals surface area contributed by atoms with Crippen LogP contribution in [-0.4, -0.2) is 76.1 Å². The van der Waals surface area contributed by atoms with Gasteiger partial charge in [-0.1, -0.05) is 61.0 Å². The maximum Gasteiger partial charge on any atom is 0.253 e. The fourth-order valence-corrected chi connectivity index (χ4v) is 7.59. The van der Waals surface area contributed by atoms with E-state index in [9.17, 15) is 19.5 Å². The number of nitrogens with zero attached hydrogens (tertiary/aromatic N) is 3. The highest BCUT2D eigenvalue weighted by atomic mass is 35.5. The molecule has 3 aliphatic rings. The van der Waals surface area contributed by atoms with Gasteiger partial charge in [-0.2, -0.15) is 0 Å². The summed E-state index contributed by atoms with van der Waals surface area (Å²) in [5.41, 5.74) is -0.439. The van der Waals surface area contributed by atoms with Gasteiger partial charge in [-0.05, 0) is 55.5 Å². The number of halogens is 1. The van der Waals surface area contributed by atoms with Gasteiger partial charge in [0.05, 0.1) is 17.4 Å². The first-order valence-electron chi connectivity index (χ1n) is 15.0. The molecule has 0 saturated carbocycles. The van der Waals surface area contributed by atoms with Gasteiger partial charge in [0.15, 0.2) is 0 Å². The standard InChI is InChI=1S/C34H40ClN3O5/c1-4-19-36(23-24-11-8-7-9-12-24)30(40)27-28-31(41)38(21-10-22-39)29(34(28)18-17-33(27,6-3)43-34)32(42)37(20-5-2)26-15-13-25(35)14-16-26/h4-5,7-9,11-16,27-29,39H,1-2,6,10,17-23H2,3H3/t27-,28-,29?,33+,34?/m0/s1. The van der Waals surface area contributed by atoms with Crippen molar-refractivity contribution < 1.29 is 24.2 Å². The van der Waals surface area contributed by atoms with Crippen molar-refractivity contribution in [1.82, 2.24) is 9.80 Å². The van der Waals surface area contributed by atoms with Gasteiger partial charge in [0.2, 0.25) is 11.8 Å². The van der Waals surface area contributed by atoms with Gasteiger partial charge in [0.25, 0.3) is 5.91 Å². The first-order chi connectivity index (χ1) is 20.8. The Bertz CT molecular complexity index is 1370. The van der Waals surface area contributed by atoms with Crippen molar-refractivity contribution >= 4 is 35.0 Å². The highest BCUT2D eigenvalue weighted by molar-refractivity contribution is 6.30. The first-order valence-corrected chi connectivity index (χ1v) is 15.4. The molecule has 8 nitrogen and oxygen atoms in total. The number of aliphatic hydroxyl groups is 1. The average molecular weight is 606 g/mol. The number of hydrogen-bond acceptors (Lipinski definition) is 5. The first kappa shape index (κ1) is 31.0. The molecular formula is C34H40ClN3O5. The number of hydrogen-bond donors (Lipinski definition) is 1. The molecule has 2 bridgehead atoms. The summed E-state index contributed by atoms with van der Waals surface area (Å²) >= 11 is 6.14. The van der Waals surface area contributed by atoms with Crippen molar-refractivity contribution in [2.24, 2.45) is 11.8 Å². The molecular weight excluding hydrogens is 566 g/mol. The van der Waals surface area contributed by atoms with Crippen LogP contribution >= 0.6 is 11.6 Å². The van der Waals surface area contributed by atoms with Crippen molar-refractivity contribution in [3.63, 3.8) is 0 Å². The topological polar surface area (TPSA) is 90.4 Å². The van der Waals surface area contributed by atoms with Crippen LogP contribution < -0.4 is 4.90 Å². The van der Waals surface area contributed by atoms with Crippen LogP contribution in [0.3, 0.4) is 0 Å². The van der Waals surface area contributed by atoms with Gasteiger partial charge in [-0.3, -0.25) is 14.4 Å². The van der Waals surface area contributed by atoms with Gasteiger partial charge in [0.1, 0.15) is 11.6 Å². The maximum atomic E-state index is 14.6. The Morgan fingerprint density at radius 3 is 2.40 bits per heavy atom. The van der Waals surface area contributed by atoms with Crippen molar-refractivity contribution in [1.29, 1.82) is 0 Å². The Labute approximate surface area is 258 Å². The molecule has 3 aliphatic heterocycles. The van der Waals surface area contributed by atoms with Crippen LogP contribution in [0, 0.1) is 11.8 Å². The third-order valence-electron chi connectivity index (χ3n) is 9.33. The number of benzene rings is 2. The molecule has 228 valence electrons.